The lowest BCUT2D eigenvalue weighted by atomic mass is 9.85. The average molecular weight is 473 g/mol. The lowest BCUT2D eigenvalue weighted by Crippen LogP contribution is -2.24. The van der Waals surface area contributed by atoms with Crippen molar-refractivity contribution in [3.63, 3.8) is 0 Å². The molecular weight excluding hydrogens is 447 g/mol. The third-order valence-electron chi connectivity index (χ3n) is 4.71. The molecule has 3 rings (SSSR count). The Morgan fingerprint density at radius 2 is 1.73 bits per heavy atom. The summed E-state index contributed by atoms with van der Waals surface area (Å²) >= 11 is 3.58. The van der Waals surface area contributed by atoms with Crippen LogP contribution in [0.2, 0.25) is 0 Å². The van der Waals surface area contributed by atoms with Crippen molar-refractivity contribution in [3.8, 4) is 17.2 Å². The van der Waals surface area contributed by atoms with Crippen LogP contribution in [0.4, 0.5) is 4.39 Å². The van der Waals surface area contributed by atoms with Gasteiger partial charge in [0.2, 0.25) is 0 Å². The molecule has 3 aromatic rings. The van der Waals surface area contributed by atoms with E-state index in [0.29, 0.717) is 25.6 Å². The van der Waals surface area contributed by atoms with Gasteiger partial charge in [-0.15, -0.1) is 0 Å². The van der Waals surface area contributed by atoms with Crippen LogP contribution in [0.5, 0.6) is 17.2 Å². The summed E-state index contributed by atoms with van der Waals surface area (Å²) in [6.45, 7) is 7.88. The first-order chi connectivity index (χ1) is 14.4. The molecule has 0 saturated carbocycles. The normalized spacial score (nSPS) is 11.4. The molecule has 5 heteroatoms. The molecular formula is C25H26BrFO3. The van der Waals surface area contributed by atoms with Crippen LogP contribution in [0, 0.1) is 5.82 Å². The summed E-state index contributed by atoms with van der Waals surface area (Å²) in [5, 5.41) is 0. The number of benzene rings is 3. The summed E-state index contributed by atoms with van der Waals surface area (Å²) < 4.78 is 32.0. The molecule has 0 radical (unpaired) electrons. The van der Waals surface area contributed by atoms with Gasteiger partial charge in [-0.05, 0) is 70.4 Å². The maximum atomic E-state index is 13.8. The van der Waals surface area contributed by atoms with Crippen molar-refractivity contribution >= 4 is 15.9 Å². The van der Waals surface area contributed by atoms with Gasteiger partial charge in [0, 0.05) is 5.41 Å². The van der Waals surface area contributed by atoms with Crippen molar-refractivity contribution < 1.29 is 18.6 Å². The summed E-state index contributed by atoms with van der Waals surface area (Å²) in [4.78, 5) is 0. The molecule has 0 bridgehead atoms. The topological polar surface area (TPSA) is 27.7 Å². The van der Waals surface area contributed by atoms with E-state index in [4.69, 9.17) is 14.2 Å². The zero-order valence-electron chi connectivity index (χ0n) is 17.5. The van der Waals surface area contributed by atoms with Crippen molar-refractivity contribution in [2.75, 3.05) is 13.2 Å². The van der Waals surface area contributed by atoms with Crippen LogP contribution in [0.25, 0.3) is 0 Å². The number of rotatable bonds is 9. The van der Waals surface area contributed by atoms with Gasteiger partial charge in [0.25, 0.3) is 0 Å². The fourth-order valence-electron chi connectivity index (χ4n) is 3.05. The number of hydrogen-bond donors (Lipinski definition) is 0. The predicted molar refractivity (Wildman–Crippen MR) is 121 cm³/mol. The molecule has 0 atom stereocenters. The molecule has 0 N–H and O–H groups in total. The van der Waals surface area contributed by atoms with E-state index in [9.17, 15) is 4.39 Å². The second-order valence-electron chi connectivity index (χ2n) is 7.63. The Kier molecular flexibility index (Phi) is 7.51. The molecule has 158 valence electrons. The van der Waals surface area contributed by atoms with Gasteiger partial charge in [-0.1, -0.05) is 44.2 Å². The van der Waals surface area contributed by atoms with Crippen LogP contribution in [-0.4, -0.2) is 13.2 Å². The summed E-state index contributed by atoms with van der Waals surface area (Å²) in [6, 6.07) is 20.0. The highest BCUT2D eigenvalue weighted by atomic mass is 79.9. The highest BCUT2D eigenvalue weighted by Gasteiger charge is 2.22. The summed E-state index contributed by atoms with van der Waals surface area (Å²) in [6.07, 6.45) is 0. The van der Waals surface area contributed by atoms with Gasteiger partial charge < -0.3 is 14.2 Å². The van der Waals surface area contributed by atoms with Gasteiger partial charge in [-0.3, -0.25) is 0 Å². The molecule has 3 nitrogen and oxygen atoms in total. The molecule has 0 spiro atoms. The van der Waals surface area contributed by atoms with Gasteiger partial charge in [0.05, 0.1) is 24.3 Å². The van der Waals surface area contributed by atoms with E-state index in [1.165, 1.54) is 6.07 Å². The Hall–Kier alpha value is -2.37. The van der Waals surface area contributed by atoms with Crippen LogP contribution in [0.3, 0.4) is 0 Å². The third kappa shape index (κ3) is 5.83. The van der Waals surface area contributed by atoms with E-state index in [0.717, 1.165) is 21.3 Å². The minimum atomic E-state index is -0.387. The van der Waals surface area contributed by atoms with Gasteiger partial charge in [-0.2, -0.15) is 0 Å². The molecule has 0 aliphatic carbocycles. The van der Waals surface area contributed by atoms with E-state index < -0.39 is 0 Å². The Balaban J connectivity index is 1.60. The number of para-hydroxylation sites is 1. The molecule has 3 aromatic carbocycles. The average Bonchev–Trinajstić information content (AvgIpc) is 2.71. The summed E-state index contributed by atoms with van der Waals surface area (Å²) in [5.41, 5.74) is 1.95. The SMILES string of the molecule is CCOc1ccc(C(C)(C)COCc2cccc(Oc3ccccc3F)c2)cc1Br. The zero-order chi connectivity index (χ0) is 21.6. The number of ether oxygens (including phenoxy) is 3. The summed E-state index contributed by atoms with van der Waals surface area (Å²) in [7, 11) is 0. The molecule has 0 aliphatic rings. The van der Waals surface area contributed by atoms with Crippen LogP contribution < -0.4 is 9.47 Å². The van der Waals surface area contributed by atoms with Gasteiger partial charge in [0.1, 0.15) is 11.5 Å². The third-order valence-corrected chi connectivity index (χ3v) is 5.33. The molecule has 0 fully saturated rings. The van der Waals surface area contributed by atoms with Crippen molar-refractivity contribution in [1.82, 2.24) is 0 Å². The fraction of sp³-hybridized carbons (Fsp3) is 0.280. The molecule has 30 heavy (non-hydrogen) atoms. The van der Waals surface area contributed by atoms with E-state index in [1.54, 1.807) is 24.3 Å². The van der Waals surface area contributed by atoms with Crippen molar-refractivity contribution in [2.24, 2.45) is 0 Å². The first kappa shape index (κ1) is 22.3. The maximum absolute atomic E-state index is 13.8. The Morgan fingerprint density at radius 1 is 0.933 bits per heavy atom. The summed E-state index contributed by atoms with van der Waals surface area (Å²) in [5.74, 6) is 1.24. The second kappa shape index (κ2) is 10.1. The van der Waals surface area contributed by atoms with E-state index in [-0.39, 0.29) is 17.0 Å². The van der Waals surface area contributed by atoms with Gasteiger partial charge >= 0.3 is 0 Å². The van der Waals surface area contributed by atoms with Gasteiger partial charge in [0.15, 0.2) is 11.6 Å². The number of halogens is 2. The van der Waals surface area contributed by atoms with E-state index >= 15 is 0 Å². The van der Waals surface area contributed by atoms with Crippen LogP contribution in [0.1, 0.15) is 31.9 Å². The van der Waals surface area contributed by atoms with Crippen molar-refractivity contribution in [2.45, 2.75) is 32.8 Å². The smallest absolute Gasteiger partial charge is 0.165 e. The molecule has 0 aliphatic heterocycles. The minimum absolute atomic E-state index is 0.172. The Labute approximate surface area is 185 Å². The Bertz CT molecular complexity index is 988. The molecule has 0 saturated heterocycles. The Morgan fingerprint density at radius 3 is 2.47 bits per heavy atom. The molecule has 0 unspecified atom stereocenters. The van der Waals surface area contributed by atoms with Crippen LogP contribution in [-0.2, 0) is 16.8 Å². The van der Waals surface area contributed by atoms with Crippen LogP contribution >= 0.6 is 15.9 Å². The van der Waals surface area contributed by atoms with E-state index in [2.05, 4.69) is 41.9 Å². The monoisotopic (exact) mass is 472 g/mol. The highest BCUT2D eigenvalue weighted by Crippen LogP contribution is 2.32. The van der Waals surface area contributed by atoms with E-state index in [1.807, 2.05) is 31.2 Å². The van der Waals surface area contributed by atoms with Crippen LogP contribution in [0.15, 0.2) is 71.2 Å². The first-order valence-corrected chi connectivity index (χ1v) is 10.7. The fourth-order valence-corrected chi connectivity index (χ4v) is 3.55. The lowest BCUT2D eigenvalue weighted by molar-refractivity contribution is 0.0823. The first-order valence-electron chi connectivity index (χ1n) is 9.91. The highest BCUT2D eigenvalue weighted by molar-refractivity contribution is 9.10. The lowest BCUT2D eigenvalue weighted by Gasteiger charge is -2.26. The predicted octanol–water partition coefficient (Wildman–Crippen LogP) is 7.27. The minimum Gasteiger partial charge on any atom is -0.493 e. The molecule has 0 amide bonds. The van der Waals surface area contributed by atoms with Crippen molar-refractivity contribution in [3.05, 3.63) is 88.1 Å². The van der Waals surface area contributed by atoms with Gasteiger partial charge in [-0.25, -0.2) is 4.39 Å². The largest absolute Gasteiger partial charge is 0.493 e. The molecule has 0 heterocycles. The maximum Gasteiger partial charge on any atom is 0.165 e. The standard InChI is InChI=1S/C25H26BrFO3/c1-4-29-23-13-12-19(15-21(23)26)25(2,3)17-28-16-18-8-7-9-20(14-18)30-24-11-6-5-10-22(24)27/h5-15H,4,16-17H2,1-3H3. The molecule has 0 aromatic heterocycles. The quantitative estimate of drug-likeness (QED) is 0.327. The van der Waals surface area contributed by atoms with Crippen molar-refractivity contribution in [1.29, 1.82) is 0 Å². The zero-order valence-corrected chi connectivity index (χ0v) is 19.0. The second-order valence-corrected chi connectivity index (χ2v) is 8.49. The number of hydrogen-bond acceptors (Lipinski definition) is 3.